The lowest BCUT2D eigenvalue weighted by Gasteiger charge is -2.10. The highest BCUT2D eigenvalue weighted by molar-refractivity contribution is 5.99. The third-order valence-corrected chi connectivity index (χ3v) is 2.88. The average molecular weight is 233 g/mol. The molecule has 1 fully saturated rings. The Hall–Kier alpha value is -1.58. The van der Waals surface area contributed by atoms with Gasteiger partial charge in [-0.3, -0.25) is 9.78 Å². The number of carbonyl (C=O) groups is 1. The molecule has 1 heterocycles. The zero-order valence-electron chi connectivity index (χ0n) is 10.2. The first kappa shape index (κ1) is 11.9. The molecule has 1 saturated carbocycles. The van der Waals surface area contributed by atoms with Crippen molar-refractivity contribution in [3.63, 3.8) is 0 Å². The van der Waals surface area contributed by atoms with Gasteiger partial charge in [0.25, 0.3) is 5.91 Å². The summed E-state index contributed by atoms with van der Waals surface area (Å²) in [6.45, 7) is 3.75. The van der Waals surface area contributed by atoms with Crippen LogP contribution >= 0.6 is 0 Å². The minimum Gasteiger partial charge on any atom is -0.383 e. The first-order valence-electron chi connectivity index (χ1n) is 6.27. The van der Waals surface area contributed by atoms with Crippen LogP contribution in [0.1, 0.15) is 36.5 Å². The number of hydrogen-bond donors (Lipinski definition) is 2. The third-order valence-electron chi connectivity index (χ3n) is 2.88. The molecule has 1 aromatic heterocycles. The normalized spacial score (nSPS) is 14.4. The monoisotopic (exact) mass is 233 g/mol. The molecule has 2 rings (SSSR count). The summed E-state index contributed by atoms with van der Waals surface area (Å²) < 4.78 is 0. The summed E-state index contributed by atoms with van der Waals surface area (Å²) >= 11 is 0. The van der Waals surface area contributed by atoms with E-state index in [1.165, 1.54) is 12.8 Å². The second-order valence-corrected chi connectivity index (χ2v) is 4.50. The number of aromatic nitrogens is 1. The predicted molar refractivity (Wildman–Crippen MR) is 68.1 cm³/mol. The molecule has 4 nitrogen and oxygen atoms in total. The molecule has 0 spiro atoms. The Kier molecular flexibility index (Phi) is 3.96. The molecule has 0 bridgehead atoms. The Morgan fingerprint density at radius 2 is 2.35 bits per heavy atom. The summed E-state index contributed by atoms with van der Waals surface area (Å²) in [5.74, 6) is 0.700. The maximum atomic E-state index is 12.0. The van der Waals surface area contributed by atoms with Gasteiger partial charge in [-0.25, -0.2) is 0 Å². The van der Waals surface area contributed by atoms with Gasteiger partial charge in [0.1, 0.15) is 0 Å². The molecule has 92 valence electrons. The minimum atomic E-state index is -0.00194. The van der Waals surface area contributed by atoms with E-state index in [1.807, 2.05) is 0 Å². The largest absolute Gasteiger partial charge is 0.383 e. The molecule has 0 atom stereocenters. The smallest absolute Gasteiger partial charge is 0.253 e. The van der Waals surface area contributed by atoms with E-state index in [-0.39, 0.29) is 5.91 Å². The van der Waals surface area contributed by atoms with Gasteiger partial charge in [0.05, 0.1) is 17.4 Å². The van der Waals surface area contributed by atoms with Crippen LogP contribution in [-0.2, 0) is 0 Å². The summed E-state index contributed by atoms with van der Waals surface area (Å²) in [5.41, 5.74) is 1.51. The SMILES string of the molecule is CCCNc1cnccc1C(=O)NCC1CC1. The van der Waals surface area contributed by atoms with E-state index >= 15 is 0 Å². The highest BCUT2D eigenvalue weighted by Crippen LogP contribution is 2.27. The van der Waals surface area contributed by atoms with Crippen molar-refractivity contribution in [3.8, 4) is 0 Å². The molecule has 1 aromatic rings. The fraction of sp³-hybridized carbons (Fsp3) is 0.538. The van der Waals surface area contributed by atoms with Crippen molar-refractivity contribution in [3.05, 3.63) is 24.0 Å². The molecule has 0 aliphatic heterocycles. The van der Waals surface area contributed by atoms with Crippen LogP contribution in [-0.4, -0.2) is 24.0 Å². The van der Waals surface area contributed by atoms with Crippen LogP contribution in [0.2, 0.25) is 0 Å². The minimum absolute atomic E-state index is 0.00194. The zero-order chi connectivity index (χ0) is 12.1. The topological polar surface area (TPSA) is 54.0 Å². The van der Waals surface area contributed by atoms with E-state index in [1.54, 1.807) is 18.5 Å². The van der Waals surface area contributed by atoms with Gasteiger partial charge in [0, 0.05) is 19.3 Å². The van der Waals surface area contributed by atoms with Crippen molar-refractivity contribution in [1.82, 2.24) is 10.3 Å². The highest BCUT2D eigenvalue weighted by Gasteiger charge is 2.22. The molecular weight excluding hydrogens is 214 g/mol. The van der Waals surface area contributed by atoms with E-state index in [4.69, 9.17) is 0 Å². The first-order chi connectivity index (χ1) is 8.31. The van der Waals surface area contributed by atoms with E-state index in [0.717, 1.165) is 25.2 Å². The molecule has 17 heavy (non-hydrogen) atoms. The number of nitrogens with one attached hydrogen (secondary N) is 2. The van der Waals surface area contributed by atoms with Crippen molar-refractivity contribution < 1.29 is 4.79 Å². The second-order valence-electron chi connectivity index (χ2n) is 4.50. The van der Waals surface area contributed by atoms with Crippen molar-refractivity contribution >= 4 is 11.6 Å². The molecule has 0 saturated heterocycles. The van der Waals surface area contributed by atoms with Gasteiger partial charge in [-0.1, -0.05) is 6.92 Å². The van der Waals surface area contributed by atoms with Crippen LogP contribution in [0.25, 0.3) is 0 Å². The highest BCUT2D eigenvalue weighted by atomic mass is 16.1. The van der Waals surface area contributed by atoms with Crippen molar-refractivity contribution in [1.29, 1.82) is 0 Å². The molecule has 0 unspecified atom stereocenters. The van der Waals surface area contributed by atoms with Crippen molar-refractivity contribution in [2.24, 2.45) is 5.92 Å². The number of pyridine rings is 1. The quantitative estimate of drug-likeness (QED) is 0.790. The Bertz CT molecular complexity index is 388. The van der Waals surface area contributed by atoms with Crippen LogP contribution in [0.5, 0.6) is 0 Å². The Morgan fingerprint density at radius 3 is 3.06 bits per heavy atom. The molecule has 1 aliphatic rings. The van der Waals surface area contributed by atoms with Gasteiger partial charge in [0.2, 0.25) is 0 Å². The second kappa shape index (κ2) is 5.66. The van der Waals surface area contributed by atoms with E-state index in [9.17, 15) is 4.79 Å². The third kappa shape index (κ3) is 3.44. The molecule has 0 aromatic carbocycles. The molecule has 2 N–H and O–H groups in total. The lowest BCUT2D eigenvalue weighted by molar-refractivity contribution is 0.0952. The van der Waals surface area contributed by atoms with Crippen LogP contribution < -0.4 is 10.6 Å². The van der Waals surface area contributed by atoms with E-state index < -0.39 is 0 Å². The van der Waals surface area contributed by atoms with Crippen LogP contribution in [0.4, 0.5) is 5.69 Å². The van der Waals surface area contributed by atoms with Crippen molar-refractivity contribution in [2.75, 3.05) is 18.4 Å². The van der Waals surface area contributed by atoms with E-state index in [0.29, 0.717) is 11.5 Å². The van der Waals surface area contributed by atoms with Crippen LogP contribution in [0.3, 0.4) is 0 Å². The van der Waals surface area contributed by atoms with Gasteiger partial charge < -0.3 is 10.6 Å². The Labute approximate surface area is 102 Å². The molecule has 4 heteroatoms. The fourth-order valence-electron chi connectivity index (χ4n) is 1.65. The summed E-state index contributed by atoms with van der Waals surface area (Å²) in [5, 5.41) is 6.19. The number of hydrogen-bond acceptors (Lipinski definition) is 3. The Morgan fingerprint density at radius 1 is 1.53 bits per heavy atom. The zero-order valence-corrected chi connectivity index (χ0v) is 10.2. The Balaban J connectivity index is 1.98. The summed E-state index contributed by atoms with van der Waals surface area (Å²) in [6, 6.07) is 1.76. The number of nitrogens with zero attached hydrogens (tertiary/aromatic N) is 1. The standard InChI is InChI=1S/C13H19N3O/c1-2-6-15-12-9-14-7-5-11(12)13(17)16-8-10-3-4-10/h5,7,9-10,15H,2-4,6,8H2,1H3,(H,16,17). The number of amides is 1. The maximum Gasteiger partial charge on any atom is 0.253 e. The van der Waals surface area contributed by atoms with Crippen LogP contribution in [0, 0.1) is 5.92 Å². The molecular formula is C13H19N3O. The van der Waals surface area contributed by atoms with Gasteiger partial charge in [0.15, 0.2) is 0 Å². The number of rotatable bonds is 6. The lowest BCUT2D eigenvalue weighted by Crippen LogP contribution is -2.26. The summed E-state index contributed by atoms with van der Waals surface area (Å²) in [7, 11) is 0. The average Bonchev–Trinajstić information content (AvgIpc) is 3.18. The van der Waals surface area contributed by atoms with Gasteiger partial charge >= 0.3 is 0 Å². The first-order valence-corrected chi connectivity index (χ1v) is 6.27. The summed E-state index contributed by atoms with van der Waals surface area (Å²) in [6.07, 6.45) is 6.89. The summed E-state index contributed by atoms with van der Waals surface area (Å²) in [4.78, 5) is 16.0. The van der Waals surface area contributed by atoms with E-state index in [2.05, 4.69) is 22.5 Å². The van der Waals surface area contributed by atoms with Gasteiger partial charge in [-0.15, -0.1) is 0 Å². The predicted octanol–water partition coefficient (Wildman–Crippen LogP) is 2.04. The molecule has 1 aliphatic carbocycles. The maximum absolute atomic E-state index is 12.0. The van der Waals surface area contributed by atoms with Crippen molar-refractivity contribution in [2.45, 2.75) is 26.2 Å². The fourth-order valence-corrected chi connectivity index (χ4v) is 1.65. The molecule has 0 radical (unpaired) electrons. The van der Waals surface area contributed by atoms with Gasteiger partial charge in [-0.2, -0.15) is 0 Å². The van der Waals surface area contributed by atoms with Crippen LogP contribution in [0.15, 0.2) is 18.5 Å². The lowest BCUT2D eigenvalue weighted by atomic mass is 10.2. The van der Waals surface area contributed by atoms with Gasteiger partial charge in [-0.05, 0) is 31.2 Å². The number of carbonyl (C=O) groups excluding carboxylic acids is 1. The number of anilines is 1. The molecule has 1 amide bonds.